The van der Waals surface area contributed by atoms with Gasteiger partial charge in [-0.25, -0.2) is 13.1 Å². The maximum Gasteiger partial charge on any atom is 0.240 e. The number of sulfonamides is 1. The Morgan fingerprint density at radius 2 is 1.77 bits per heavy atom. The molecule has 1 saturated heterocycles. The Morgan fingerprint density at radius 1 is 1.00 bits per heavy atom. The van der Waals surface area contributed by atoms with Crippen LogP contribution in [0.2, 0.25) is 0 Å². The fourth-order valence-electron chi connectivity index (χ4n) is 5.14. The number of nitrogens with one attached hydrogen (secondary N) is 1. The SMILES string of the molecule is O=C(CCCCCNS(=O)(=O)c1ccc2c(c1)OCCO2)N1CCCC2CCCCC21. The minimum absolute atomic E-state index is 0.180. The zero-order chi connectivity index (χ0) is 21.7. The average molecular weight is 451 g/mol. The third-order valence-electron chi connectivity index (χ3n) is 6.75. The molecule has 2 fully saturated rings. The van der Waals surface area contributed by atoms with Gasteiger partial charge in [0.1, 0.15) is 13.2 Å². The van der Waals surface area contributed by atoms with Gasteiger partial charge >= 0.3 is 0 Å². The minimum atomic E-state index is -3.59. The first-order valence-electron chi connectivity index (χ1n) is 11.7. The molecule has 3 aliphatic rings. The molecule has 1 aromatic rings. The Bertz CT molecular complexity index is 871. The van der Waals surface area contributed by atoms with E-state index in [1.807, 2.05) is 0 Å². The summed E-state index contributed by atoms with van der Waals surface area (Å²) in [7, 11) is -3.59. The Kier molecular flexibility index (Phi) is 7.38. The largest absolute Gasteiger partial charge is 0.486 e. The van der Waals surface area contributed by atoms with Crippen LogP contribution < -0.4 is 14.2 Å². The molecule has 8 heteroatoms. The molecule has 2 unspecified atom stereocenters. The van der Waals surface area contributed by atoms with Gasteiger partial charge in [-0.15, -0.1) is 0 Å². The van der Waals surface area contributed by atoms with Crippen LogP contribution in [-0.2, 0) is 14.8 Å². The molecule has 1 saturated carbocycles. The van der Waals surface area contributed by atoms with Crippen LogP contribution in [0.1, 0.15) is 64.2 Å². The van der Waals surface area contributed by atoms with Crippen molar-refractivity contribution in [2.45, 2.75) is 75.1 Å². The number of hydrogen-bond donors (Lipinski definition) is 1. The molecule has 0 spiro atoms. The first-order valence-corrected chi connectivity index (χ1v) is 13.2. The number of unbranched alkanes of at least 4 members (excludes halogenated alkanes) is 2. The van der Waals surface area contributed by atoms with Crippen LogP contribution in [0.25, 0.3) is 0 Å². The van der Waals surface area contributed by atoms with Gasteiger partial charge in [-0.3, -0.25) is 4.79 Å². The van der Waals surface area contributed by atoms with E-state index in [1.54, 1.807) is 6.07 Å². The zero-order valence-electron chi connectivity index (χ0n) is 18.2. The highest BCUT2D eigenvalue weighted by Gasteiger charge is 2.35. The fraction of sp³-hybridized carbons (Fsp3) is 0.696. The Hall–Kier alpha value is -1.80. The van der Waals surface area contributed by atoms with Crippen LogP contribution in [0.3, 0.4) is 0 Å². The van der Waals surface area contributed by atoms with Crippen LogP contribution in [0.15, 0.2) is 23.1 Å². The van der Waals surface area contributed by atoms with Crippen LogP contribution in [-0.4, -0.2) is 51.6 Å². The molecular formula is C23H34N2O5S. The minimum Gasteiger partial charge on any atom is -0.486 e. The molecule has 2 atom stereocenters. The number of likely N-dealkylation sites (tertiary alicyclic amines) is 1. The molecule has 2 aliphatic heterocycles. The molecule has 172 valence electrons. The fourth-order valence-corrected chi connectivity index (χ4v) is 6.23. The molecule has 31 heavy (non-hydrogen) atoms. The molecule has 7 nitrogen and oxygen atoms in total. The van der Waals surface area contributed by atoms with E-state index in [4.69, 9.17) is 9.47 Å². The second-order valence-electron chi connectivity index (χ2n) is 8.86. The van der Waals surface area contributed by atoms with Crippen molar-refractivity contribution >= 4 is 15.9 Å². The van der Waals surface area contributed by atoms with Gasteiger partial charge in [0.25, 0.3) is 0 Å². The summed E-state index contributed by atoms with van der Waals surface area (Å²) < 4.78 is 38.6. The molecule has 0 aromatic heterocycles. The predicted molar refractivity (Wildman–Crippen MR) is 118 cm³/mol. The lowest BCUT2D eigenvalue weighted by molar-refractivity contribution is -0.137. The third-order valence-corrected chi connectivity index (χ3v) is 8.21. The van der Waals surface area contributed by atoms with Crippen molar-refractivity contribution in [1.29, 1.82) is 0 Å². The summed E-state index contributed by atoms with van der Waals surface area (Å²) in [4.78, 5) is 15.1. The van der Waals surface area contributed by atoms with Gasteiger partial charge < -0.3 is 14.4 Å². The smallest absolute Gasteiger partial charge is 0.240 e. The van der Waals surface area contributed by atoms with E-state index in [-0.39, 0.29) is 10.8 Å². The number of ether oxygens (including phenoxy) is 2. The van der Waals surface area contributed by atoms with Gasteiger partial charge in [-0.05, 0) is 56.6 Å². The number of nitrogens with zero attached hydrogens (tertiary/aromatic N) is 1. The van der Waals surface area contributed by atoms with Crippen molar-refractivity contribution in [3.8, 4) is 11.5 Å². The van der Waals surface area contributed by atoms with Gasteiger partial charge in [0.05, 0.1) is 4.90 Å². The lowest BCUT2D eigenvalue weighted by Crippen LogP contribution is -2.49. The average Bonchev–Trinajstić information content (AvgIpc) is 2.80. The molecule has 1 N–H and O–H groups in total. The van der Waals surface area contributed by atoms with Crippen molar-refractivity contribution in [1.82, 2.24) is 9.62 Å². The van der Waals surface area contributed by atoms with Crippen LogP contribution in [0.4, 0.5) is 0 Å². The monoisotopic (exact) mass is 450 g/mol. The molecule has 2 heterocycles. The molecular weight excluding hydrogens is 416 g/mol. The van der Waals surface area contributed by atoms with E-state index < -0.39 is 10.0 Å². The van der Waals surface area contributed by atoms with E-state index >= 15 is 0 Å². The van der Waals surface area contributed by atoms with Crippen molar-refractivity contribution in [3.05, 3.63) is 18.2 Å². The van der Waals surface area contributed by atoms with Gasteiger partial charge in [-0.2, -0.15) is 0 Å². The van der Waals surface area contributed by atoms with Crippen molar-refractivity contribution in [2.24, 2.45) is 5.92 Å². The van der Waals surface area contributed by atoms with E-state index in [9.17, 15) is 13.2 Å². The first kappa shape index (κ1) is 22.4. The van der Waals surface area contributed by atoms with Crippen LogP contribution in [0, 0.1) is 5.92 Å². The highest BCUT2D eigenvalue weighted by atomic mass is 32.2. The van der Waals surface area contributed by atoms with E-state index in [1.165, 1.54) is 37.8 Å². The van der Waals surface area contributed by atoms with Crippen molar-refractivity contribution in [3.63, 3.8) is 0 Å². The highest BCUT2D eigenvalue weighted by molar-refractivity contribution is 7.89. The van der Waals surface area contributed by atoms with Gasteiger partial charge in [0, 0.05) is 31.6 Å². The first-order chi connectivity index (χ1) is 15.0. The molecule has 1 aromatic carbocycles. The normalized spacial score (nSPS) is 23.3. The van der Waals surface area contributed by atoms with Crippen molar-refractivity contribution < 1.29 is 22.7 Å². The summed E-state index contributed by atoms with van der Waals surface area (Å²) in [5, 5.41) is 0. The van der Waals surface area contributed by atoms with Crippen molar-refractivity contribution in [2.75, 3.05) is 26.3 Å². The van der Waals surface area contributed by atoms with E-state index in [2.05, 4.69) is 9.62 Å². The second kappa shape index (κ2) is 10.2. The predicted octanol–water partition coefficient (Wildman–Crippen LogP) is 3.48. The zero-order valence-corrected chi connectivity index (χ0v) is 19.0. The topological polar surface area (TPSA) is 84.9 Å². The summed E-state index contributed by atoms with van der Waals surface area (Å²) in [6.45, 7) is 2.16. The summed E-state index contributed by atoms with van der Waals surface area (Å²) in [5.41, 5.74) is 0. The number of carbonyl (C=O) groups is 1. The maximum atomic E-state index is 12.7. The summed E-state index contributed by atoms with van der Waals surface area (Å²) in [6.07, 6.45) is 10.3. The number of hydrogen-bond acceptors (Lipinski definition) is 5. The number of rotatable bonds is 8. The molecule has 4 rings (SSSR count). The maximum absolute atomic E-state index is 12.7. The molecule has 1 aliphatic carbocycles. The standard InChI is InChI=1S/C23H34N2O5S/c26-23(25-14-6-8-18-7-3-4-9-20(18)25)10-2-1-5-13-24-31(27,28)19-11-12-21-22(17-19)30-16-15-29-21/h11-12,17-18,20,24H,1-10,13-16H2. The summed E-state index contributed by atoms with van der Waals surface area (Å²) >= 11 is 0. The number of carbonyl (C=O) groups excluding carboxylic acids is 1. The van der Waals surface area contributed by atoms with E-state index in [0.29, 0.717) is 56.1 Å². The molecule has 0 bridgehead atoms. The van der Waals surface area contributed by atoms with Gasteiger partial charge in [-0.1, -0.05) is 19.3 Å². The van der Waals surface area contributed by atoms with Gasteiger partial charge in [0.2, 0.25) is 15.9 Å². The molecule has 1 amide bonds. The number of piperidine rings is 1. The Balaban J connectivity index is 1.17. The lowest BCUT2D eigenvalue weighted by Gasteiger charge is -2.44. The number of benzene rings is 1. The Labute approximate surface area is 185 Å². The highest BCUT2D eigenvalue weighted by Crippen LogP contribution is 2.35. The van der Waals surface area contributed by atoms with Gasteiger partial charge in [0.15, 0.2) is 11.5 Å². The van der Waals surface area contributed by atoms with E-state index in [0.717, 1.165) is 32.2 Å². The quantitative estimate of drug-likeness (QED) is 0.613. The third kappa shape index (κ3) is 5.52. The summed E-state index contributed by atoms with van der Waals surface area (Å²) in [5.74, 6) is 2.03. The van der Waals surface area contributed by atoms with Crippen LogP contribution >= 0.6 is 0 Å². The lowest BCUT2D eigenvalue weighted by atomic mass is 9.78. The Morgan fingerprint density at radius 3 is 2.65 bits per heavy atom. The second-order valence-corrected chi connectivity index (χ2v) is 10.6. The molecule has 0 radical (unpaired) electrons. The number of amides is 1. The van der Waals surface area contributed by atoms with Crippen LogP contribution in [0.5, 0.6) is 11.5 Å². The number of fused-ring (bicyclic) bond motifs is 2. The summed E-state index contributed by atoms with van der Waals surface area (Å²) in [6, 6.07) is 5.14.